The lowest BCUT2D eigenvalue weighted by Crippen LogP contribution is -2.03. The maximum atomic E-state index is 11.2. The minimum atomic E-state index is -0.236. The molecule has 0 aliphatic rings. The molecule has 0 fully saturated rings. The van der Waals surface area contributed by atoms with Gasteiger partial charge in [-0.3, -0.25) is 4.79 Å². The second kappa shape index (κ2) is 3.98. The summed E-state index contributed by atoms with van der Waals surface area (Å²) < 4.78 is 4.63. The molecule has 1 heterocycles. The van der Waals surface area contributed by atoms with Crippen molar-refractivity contribution in [2.75, 3.05) is 7.11 Å². The van der Waals surface area contributed by atoms with E-state index in [0.29, 0.717) is 0 Å². The Hall–Kier alpha value is -1.42. The third-order valence-electron chi connectivity index (χ3n) is 2.31. The van der Waals surface area contributed by atoms with E-state index in [-0.39, 0.29) is 12.4 Å². The number of hydrogen-bond donors (Lipinski definition) is 2. The minimum Gasteiger partial charge on any atom is -0.469 e. The summed E-state index contributed by atoms with van der Waals surface area (Å²) in [5.74, 6) is -0.236. The zero-order valence-corrected chi connectivity index (χ0v) is 9.17. The summed E-state index contributed by atoms with van der Waals surface area (Å²) in [7, 11) is 1.39. The van der Waals surface area contributed by atoms with Crippen molar-refractivity contribution >= 4 is 29.5 Å². The molecule has 0 saturated heterocycles. The Bertz CT molecular complexity index is 504. The Kier molecular flexibility index (Phi) is 2.68. The maximum absolute atomic E-state index is 11.2. The van der Waals surface area contributed by atoms with Crippen molar-refractivity contribution in [2.24, 2.45) is 0 Å². The zero-order valence-electron chi connectivity index (χ0n) is 8.28. The summed E-state index contributed by atoms with van der Waals surface area (Å²) >= 11 is 4.27. The van der Waals surface area contributed by atoms with Crippen LogP contribution >= 0.6 is 12.6 Å². The fraction of sp³-hybridized carbons (Fsp3) is 0.182. The summed E-state index contributed by atoms with van der Waals surface area (Å²) in [6.45, 7) is 0. The number of aromatic nitrogens is 1. The third-order valence-corrected chi connectivity index (χ3v) is 2.59. The first kappa shape index (κ1) is 10.1. The molecule has 3 nitrogen and oxygen atoms in total. The Labute approximate surface area is 92.8 Å². The van der Waals surface area contributed by atoms with Crippen LogP contribution in [0.25, 0.3) is 10.9 Å². The number of rotatable bonds is 2. The minimum absolute atomic E-state index is 0.236. The lowest BCUT2D eigenvalue weighted by atomic mass is 10.1. The van der Waals surface area contributed by atoms with Crippen LogP contribution in [0.1, 0.15) is 5.56 Å². The number of aromatic amines is 1. The van der Waals surface area contributed by atoms with E-state index >= 15 is 0 Å². The van der Waals surface area contributed by atoms with Crippen LogP contribution in [0.2, 0.25) is 0 Å². The largest absolute Gasteiger partial charge is 0.469 e. The van der Waals surface area contributed by atoms with Gasteiger partial charge in [-0.1, -0.05) is 0 Å². The lowest BCUT2D eigenvalue weighted by Gasteiger charge is -1.98. The Morgan fingerprint density at radius 1 is 1.53 bits per heavy atom. The van der Waals surface area contributed by atoms with Gasteiger partial charge in [0.15, 0.2) is 0 Å². The number of esters is 1. The number of nitrogens with one attached hydrogen (secondary N) is 1. The van der Waals surface area contributed by atoms with E-state index in [2.05, 4.69) is 22.3 Å². The van der Waals surface area contributed by atoms with Crippen LogP contribution in [0.3, 0.4) is 0 Å². The first-order valence-electron chi connectivity index (χ1n) is 4.56. The molecule has 2 rings (SSSR count). The monoisotopic (exact) mass is 221 g/mol. The quantitative estimate of drug-likeness (QED) is 0.603. The fourth-order valence-electron chi connectivity index (χ4n) is 1.54. The van der Waals surface area contributed by atoms with Gasteiger partial charge >= 0.3 is 5.97 Å². The van der Waals surface area contributed by atoms with Crippen LogP contribution in [0, 0.1) is 0 Å². The first-order chi connectivity index (χ1) is 7.20. The molecular formula is C11H11NO2S. The smallest absolute Gasteiger partial charge is 0.310 e. The lowest BCUT2D eigenvalue weighted by molar-refractivity contribution is -0.139. The van der Waals surface area contributed by atoms with Gasteiger partial charge in [0, 0.05) is 22.0 Å². The molecule has 0 unspecified atom stereocenters. The number of benzene rings is 1. The van der Waals surface area contributed by atoms with Gasteiger partial charge < -0.3 is 9.72 Å². The van der Waals surface area contributed by atoms with E-state index < -0.39 is 0 Å². The van der Waals surface area contributed by atoms with E-state index in [1.54, 1.807) is 0 Å². The number of carbonyl (C=O) groups excluding carboxylic acids is 1. The van der Waals surface area contributed by atoms with E-state index in [1.807, 2.05) is 24.4 Å². The summed E-state index contributed by atoms with van der Waals surface area (Å²) in [4.78, 5) is 15.1. The predicted octanol–water partition coefficient (Wildman–Crippen LogP) is 2.17. The number of thiol groups is 1. The highest BCUT2D eigenvalue weighted by molar-refractivity contribution is 7.80. The highest BCUT2D eigenvalue weighted by Gasteiger charge is 2.08. The van der Waals surface area contributed by atoms with E-state index in [0.717, 1.165) is 21.4 Å². The second-order valence-electron chi connectivity index (χ2n) is 3.30. The van der Waals surface area contributed by atoms with Crippen molar-refractivity contribution in [3.05, 3.63) is 30.0 Å². The van der Waals surface area contributed by atoms with Crippen molar-refractivity contribution in [1.29, 1.82) is 0 Å². The number of H-pyrrole nitrogens is 1. The van der Waals surface area contributed by atoms with E-state index in [4.69, 9.17) is 0 Å². The predicted molar refractivity (Wildman–Crippen MR) is 61.3 cm³/mol. The van der Waals surface area contributed by atoms with Gasteiger partial charge in [0.2, 0.25) is 0 Å². The number of ether oxygens (including phenoxy) is 1. The van der Waals surface area contributed by atoms with E-state index in [1.165, 1.54) is 7.11 Å². The normalized spacial score (nSPS) is 10.5. The molecule has 0 saturated carbocycles. The van der Waals surface area contributed by atoms with Gasteiger partial charge in [-0.05, 0) is 23.8 Å². The van der Waals surface area contributed by atoms with Crippen molar-refractivity contribution in [3.8, 4) is 0 Å². The van der Waals surface area contributed by atoms with Crippen molar-refractivity contribution in [2.45, 2.75) is 11.3 Å². The van der Waals surface area contributed by atoms with Gasteiger partial charge in [-0.15, -0.1) is 12.6 Å². The summed E-state index contributed by atoms with van der Waals surface area (Å²) in [6, 6.07) is 5.79. The molecule has 0 aliphatic carbocycles. The molecule has 0 spiro atoms. The zero-order chi connectivity index (χ0) is 10.8. The van der Waals surface area contributed by atoms with Crippen molar-refractivity contribution < 1.29 is 9.53 Å². The molecule has 0 bridgehead atoms. The summed E-state index contributed by atoms with van der Waals surface area (Å²) in [6.07, 6.45) is 2.11. The average Bonchev–Trinajstić information content (AvgIpc) is 2.61. The molecule has 0 aliphatic heterocycles. The molecule has 0 radical (unpaired) electrons. The van der Waals surface area contributed by atoms with Crippen LogP contribution < -0.4 is 0 Å². The Morgan fingerprint density at radius 3 is 3.07 bits per heavy atom. The fourth-order valence-corrected chi connectivity index (χ4v) is 1.74. The molecule has 2 aromatic rings. The average molecular weight is 221 g/mol. The Balaban J connectivity index is 2.43. The number of fused-ring (bicyclic) bond motifs is 1. The van der Waals surface area contributed by atoms with Gasteiger partial charge in [-0.25, -0.2) is 0 Å². The topological polar surface area (TPSA) is 42.1 Å². The van der Waals surface area contributed by atoms with Crippen LogP contribution in [-0.2, 0) is 16.0 Å². The van der Waals surface area contributed by atoms with Crippen molar-refractivity contribution in [3.63, 3.8) is 0 Å². The molecular weight excluding hydrogens is 210 g/mol. The summed E-state index contributed by atoms with van der Waals surface area (Å²) in [5, 5.41) is 1.02. The standard InChI is InChI=1S/C11H11NO2S/c1-14-11(13)4-7-6-12-10-3-2-8(15)5-9(7)10/h2-3,5-6,12,15H,4H2,1H3. The second-order valence-corrected chi connectivity index (χ2v) is 3.81. The first-order valence-corrected chi connectivity index (χ1v) is 5.01. The van der Waals surface area contributed by atoms with Crippen LogP contribution in [0.5, 0.6) is 0 Å². The molecule has 1 N–H and O–H groups in total. The SMILES string of the molecule is COC(=O)Cc1c[nH]c2ccc(S)cc12. The van der Waals surface area contributed by atoms with Crippen LogP contribution in [0.15, 0.2) is 29.3 Å². The Morgan fingerprint density at radius 2 is 2.33 bits per heavy atom. The van der Waals surface area contributed by atoms with Gasteiger partial charge in [0.05, 0.1) is 13.5 Å². The van der Waals surface area contributed by atoms with Gasteiger partial charge in [-0.2, -0.15) is 0 Å². The van der Waals surface area contributed by atoms with Crippen molar-refractivity contribution in [1.82, 2.24) is 4.98 Å². The summed E-state index contributed by atoms with van der Waals surface area (Å²) in [5.41, 5.74) is 1.94. The third kappa shape index (κ3) is 1.99. The molecule has 4 heteroatoms. The number of methoxy groups -OCH3 is 1. The number of hydrogen-bond acceptors (Lipinski definition) is 3. The van der Waals surface area contributed by atoms with Gasteiger partial charge in [0.1, 0.15) is 0 Å². The number of carbonyl (C=O) groups is 1. The molecule has 15 heavy (non-hydrogen) atoms. The molecule has 0 amide bonds. The molecule has 0 atom stereocenters. The van der Waals surface area contributed by atoms with Crippen LogP contribution in [0.4, 0.5) is 0 Å². The van der Waals surface area contributed by atoms with E-state index in [9.17, 15) is 4.79 Å². The molecule has 78 valence electrons. The highest BCUT2D eigenvalue weighted by Crippen LogP contribution is 2.21. The van der Waals surface area contributed by atoms with Gasteiger partial charge in [0.25, 0.3) is 0 Å². The van der Waals surface area contributed by atoms with Crippen LogP contribution in [-0.4, -0.2) is 18.1 Å². The molecule has 1 aromatic heterocycles. The maximum Gasteiger partial charge on any atom is 0.310 e. The highest BCUT2D eigenvalue weighted by atomic mass is 32.1. The molecule has 1 aromatic carbocycles.